The Morgan fingerprint density at radius 3 is 2.72 bits per heavy atom. The van der Waals surface area contributed by atoms with Gasteiger partial charge in [0.15, 0.2) is 0 Å². The highest BCUT2D eigenvalue weighted by molar-refractivity contribution is 7.89. The van der Waals surface area contributed by atoms with Crippen LogP contribution in [-0.2, 0) is 10.0 Å². The van der Waals surface area contributed by atoms with Gasteiger partial charge in [-0.25, -0.2) is 17.5 Å². The van der Waals surface area contributed by atoms with Crippen molar-refractivity contribution in [1.82, 2.24) is 4.72 Å². The number of hydrogen-bond acceptors (Lipinski definition) is 3. The van der Waals surface area contributed by atoms with Crippen molar-refractivity contribution >= 4 is 15.7 Å². The summed E-state index contributed by atoms with van der Waals surface area (Å²) in [5, 5.41) is 0. The summed E-state index contributed by atoms with van der Waals surface area (Å²) >= 11 is 0. The van der Waals surface area contributed by atoms with E-state index in [1.165, 1.54) is 18.9 Å². The van der Waals surface area contributed by atoms with E-state index in [9.17, 15) is 12.8 Å². The molecule has 0 saturated heterocycles. The molecule has 1 aliphatic rings. The maximum Gasteiger partial charge on any atom is 0.240 e. The Labute approximate surface area is 106 Å². The molecule has 3 N–H and O–H groups in total. The van der Waals surface area contributed by atoms with Gasteiger partial charge in [-0.1, -0.05) is 12.8 Å². The maximum atomic E-state index is 12.9. The Kier molecular flexibility index (Phi) is 3.87. The van der Waals surface area contributed by atoms with Crippen LogP contribution in [0.4, 0.5) is 10.1 Å². The van der Waals surface area contributed by atoms with E-state index in [-0.39, 0.29) is 10.6 Å². The van der Waals surface area contributed by atoms with Crippen LogP contribution >= 0.6 is 0 Å². The van der Waals surface area contributed by atoms with E-state index in [0.717, 1.165) is 30.9 Å². The largest absolute Gasteiger partial charge is 0.396 e. The first kappa shape index (κ1) is 13.3. The fourth-order valence-electron chi connectivity index (χ4n) is 1.78. The van der Waals surface area contributed by atoms with Gasteiger partial charge in [-0.15, -0.1) is 0 Å². The molecule has 1 aliphatic carbocycles. The Balaban J connectivity index is 1.93. The number of nitrogens with two attached hydrogens (primary N) is 1. The zero-order chi connectivity index (χ0) is 13.2. The summed E-state index contributed by atoms with van der Waals surface area (Å²) in [6.45, 7) is 0.413. The van der Waals surface area contributed by atoms with Crippen LogP contribution in [0.25, 0.3) is 0 Å². The second kappa shape index (κ2) is 5.24. The number of hydrogen-bond donors (Lipinski definition) is 2. The summed E-state index contributed by atoms with van der Waals surface area (Å²) in [7, 11) is -3.57. The van der Waals surface area contributed by atoms with Crippen LogP contribution < -0.4 is 10.5 Å². The quantitative estimate of drug-likeness (QED) is 0.613. The molecular weight excluding hydrogens is 255 g/mol. The summed E-state index contributed by atoms with van der Waals surface area (Å²) in [5.41, 5.74) is 5.20. The minimum atomic E-state index is -3.57. The van der Waals surface area contributed by atoms with Crippen molar-refractivity contribution in [2.45, 2.75) is 30.6 Å². The van der Waals surface area contributed by atoms with Crippen LogP contribution in [-0.4, -0.2) is 15.0 Å². The Bertz CT molecular complexity index is 527. The molecule has 0 spiro atoms. The lowest BCUT2D eigenvalue weighted by atomic mass is 10.2. The van der Waals surface area contributed by atoms with E-state index < -0.39 is 15.8 Å². The molecule has 100 valence electrons. The van der Waals surface area contributed by atoms with Crippen molar-refractivity contribution in [1.29, 1.82) is 0 Å². The highest BCUT2D eigenvalue weighted by atomic mass is 32.2. The minimum Gasteiger partial charge on any atom is -0.396 e. The van der Waals surface area contributed by atoms with Gasteiger partial charge in [-0.3, -0.25) is 0 Å². The second-order valence-corrected chi connectivity index (χ2v) is 6.43. The summed E-state index contributed by atoms with van der Waals surface area (Å²) in [4.78, 5) is 0.00724. The molecule has 0 aliphatic heterocycles. The molecule has 1 aromatic carbocycles. The van der Waals surface area contributed by atoms with Crippen molar-refractivity contribution in [3.8, 4) is 0 Å². The third kappa shape index (κ3) is 3.43. The highest BCUT2D eigenvalue weighted by Gasteiger charge is 2.21. The lowest BCUT2D eigenvalue weighted by Gasteiger charge is -2.07. The van der Waals surface area contributed by atoms with Gasteiger partial charge in [0.1, 0.15) is 5.82 Å². The average molecular weight is 272 g/mol. The predicted octanol–water partition coefficient (Wildman–Crippen LogP) is 1.88. The Morgan fingerprint density at radius 1 is 1.39 bits per heavy atom. The molecule has 4 nitrogen and oxygen atoms in total. The molecule has 2 rings (SSSR count). The molecule has 0 aromatic heterocycles. The van der Waals surface area contributed by atoms with Crippen molar-refractivity contribution in [3.63, 3.8) is 0 Å². The first-order chi connectivity index (χ1) is 8.49. The molecule has 0 heterocycles. The zero-order valence-electron chi connectivity index (χ0n) is 10.0. The van der Waals surface area contributed by atoms with Gasteiger partial charge < -0.3 is 5.73 Å². The zero-order valence-corrected chi connectivity index (χ0v) is 10.8. The minimum absolute atomic E-state index is 0.00724. The fraction of sp³-hybridized carbons (Fsp3) is 0.500. The van der Waals surface area contributed by atoms with Crippen molar-refractivity contribution in [2.75, 3.05) is 12.3 Å². The number of sulfonamides is 1. The van der Waals surface area contributed by atoms with Gasteiger partial charge in [-0.2, -0.15) is 0 Å². The van der Waals surface area contributed by atoms with Crippen molar-refractivity contribution in [2.24, 2.45) is 5.92 Å². The lowest BCUT2D eigenvalue weighted by molar-refractivity contribution is 0.572. The highest BCUT2D eigenvalue weighted by Crippen LogP contribution is 2.33. The molecule has 18 heavy (non-hydrogen) atoms. The molecule has 0 unspecified atom stereocenters. The number of anilines is 1. The van der Waals surface area contributed by atoms with Crippen molar-refractivity contribution < 1.29 is 12.8 Å². The number of rotatable bonds is 6. The summed E-state index contributed by atoms with van der Waals surface area (Å²) in [6, 6.07) is 3.42. The first-order valence-electron chi connectivity index (χ1n) is 6.04. The van der Waals surface area contributed by atoms with Crippen LogP contribution in [0.15, 0.2) is 23.1 Å². The Hall–Kier alpha value is -1.14. The third-order valence-electron chi connectivity index (χ3n) is 3.06. The maximum absolute atomic E-state index is 12.9. The molecule has 1 saturated carbocycles. The van der Waals surface area contributed by atoms with E-state index in [4.69, 9.17) is 5.73 Å². The molecule has 1 fully saturated rings. The van der Waals surface area contributed by atoms with Crippen LogP contribution in [0.1, 0.15) is 25.7 Å². The average Bonchev–Trinajstić information content (AvgIpc) is 3.12. The summed E-state index contributed by atoms with van der Waals surface area (Å²) in [6.07, 6.45) is 4.43. The molecule has 1 aromatic rings. The van der Waals surface area contributed by atoms with Gasteiger partial charge in [0, 0.05) is 6.54 Å². The van der Waals surface area contributed by atoms with Crippen LogP contribution in [0.2, 0.25) is 0 Å². The number of benzene rings is 1. The monoisotopic (exact) mass is 272 g/mol. The number of halogens is 1. The SMILES string of the molecule is Nc1cc(S(=O)(=O)NCCCC2CC2)ccc1F. The number of nitrogens with one attached hydrogen (secondary N) is 1. The third-order valence-corrected chi connectivity index (χ3v) is 4.51. The standard InChI is InChI=1S/C12H17FN2O2S/c13-11-6-5-10(8-12(11)14)18(16,17)15-7-1-2-9-3-4-9/h5-6,8-9,15H,1-4,7,14H2. The van der Waals surface area contributed by atoms with E-state index in [0.29, 0.717) is 6.54 Å². The Morgan fingerprint density at radius 2 is 2.11 bits per heavy atom. The molecule has 0 atom stereocenters. The summed E-state index contributed by atoms with van der Waals surface area (Å²) < 4.78 is 39.2. The topological polar surface area (TPSA) is 72.2 Å². The van der Waals surface area contributed by atoms with Gasteiger partial charge in [0.2, 0.25) is 10.0 Å². The van der Waals surface area contributed by atoms with Gasteiger partial charge in [0.25, 0.3) is 0 Å². The molecule has 0 bridgehead atoms. The smallest absolute Gasteiger partial charge is 0.240 e. The van der Waals surface area contributed by atoms with Gasteiger partial charge in [-0.05, 0) is 37.0 Å². The second-order valence-electron chi connectivity index (χ2n) is 4.67. The van der Waals surface area contributed by atoms with Crippen LogP contribution in [0.5, 0.6) is 0 Å². The first-order valence-corrected chi connectivity index (χ1v) is 7.52. The van der Waals surface area contributed by atoms with Gasteiger partial charge in [0.05, 0.1) is 10.6 Å². The lowest BCUT2D eigenvalue weighted by Crippen LogP contribution is -2.25. The van der Waals surface area contributed by atoms with E-state index in [1.54, 1.807) is 0 Å². The summed E-state index contributed by atoms with van der Waals surface area (Å²) in [5.74, 6) is 0.179. The van der Waals surface area contributed by atoms with Crippen molar-refractivity contribution in [3.05, 3.63) is 24.0 Å². The molecule has 0 amide bonds. The van der Waals surface area contributed by atoms with Gasteiger partial charge >= 0.3 is 0 Å². The van der Waals surface area contributed by atoms with E-state index in [1.807, 2.05) is 0 Å². The van der Waals surface area contributed by atoms with Crippen LogP contribution in [0.3, 0.4) is 0 Å². The molecule has 0 radical (unpaired) electrons. The predicted molar refractivity (Wildman–Crippen MR) is 68.0 cm³/mol. The number of nitrogen functional groups attached to an aromatic ring is 1. The van der Waals surface area contributed by atoms with E-state index >= 15 is 0 Å². The fourth-order valence-corrected chi connectivity index (χ4v) is 2.89. The van der Waals surface area contributed by atoms with E-state index in [2.05, 4.69) is 4.72 Å². The normalized spacial score (nSPS) is 15.8. The molecule has 6 heteroatoms. The molecular formula is C12H17FN2O2S. The van der Waals surface area contributed by atoms with Crippen LogP contribution in [0, 0.1) is 11.7 Å².